The van der Waals surface area contributed by atoms with Crippen molar-refractivity contribution in [3.8, 4) is 10.4 Å². The van der Waals surface area contributed by atoms with Crippen molar-refractivity contribution in [2.75, 3.05) is 5.32 Å². The summed E-state index contributed by atoms with van der Waals surface area (Å²) >= 11 is 7.56. The first-order valence-corrected chi connectivity index (χ1v) is 9.45. The van der Waals surface area contributed by atoms with Crippen molar-refractivity contribution in [2.24, 2.45) is 11.5 Å². The second kappa shape index (κ2) is 6.71. The van der Waals surface area contributed by atoms with Crippen molar-refractivity contribution in [1.29, 1.82) is 0 Å². The molecule has 0 radical (unpaired) electrons. The molecule has 7 nitrogen and oxygen atoms in total. The Labute approximate surface area is 163 Å². The van der Waals surface area contributed by atoms with E-state index < -0.39 is 11.9 Å². The molecule has 138 valence electrons. The fourth-order valence-corrected chi connectivity index (χ4v) is 4.90. The first kappa shape index (κ1) is 17.6. The summed E-state index contributed by atoms with van der Waals surface area (Å²) in [7, 11) is 0. The quantitative estimate of drug-likeness (QED) is 0.623. The van der Waals surface area contributed by atoms with Gasteiger partial charge in [0.2, 0.25) is 0 Å². The van der Waals surface area contributed by atoms with Gasteiger partial charge in [0.05, 0.1) is 18.3 Å². The molecule has 3 aromatic rings. The second-order valence-electron chi connectivity index (χ2n) is 6.22. The van der Waals surface area contributed by atoms with Gasteiger partial charge in [0.25, 0.3) is 5.91 Å². The molecule has 4 rings (SSSR count). The largest absolute Gasteiger partial charge is 0.365 e. The second-order valence-corrected chi connectivity index (χ2v) is 7.65. The van der Waals surface area contributed by atoms with Crippen LogP contribution in [0.15, 0.2) is 30.5 Å². The van der Waals surface area contributed by atoms with Gasteiger partial charge < -0.3 is 11.5 Å². The van der Waals surface area contributed by atoms with Gasteiger partial charge >= 0.3 is 6.03 Å². The van der Waals surface area contributed by atoms with Gasteiger partial charge in [-0.2, -0.15) is 5.10 Å². The zero-order valence-corrected chi connectivity index (χ0v) is 15.7. The van der Waals surface area contributed by atoms with Crippen LogP contribution < -0.4 is 16.8 Å². The molecule has 0 saturated carbocycles. The maximum absolute atomic E-state index is 11.9. The summed E-state index contributed by atoms with van der Waals surface area (Å²) in [4.78, 5) is 24.1. The molecule has 0 unspecified atom stereocenters. The van der Waals surface area contributed by atoms with Crippen molar-refractivity contribution < 1.29 is 9.59 Å². The Balaban J connectivity index is 1.77. The molecule has 2 heterocycles. The van der Waals surface area contributed by atoms with E-state index in [0.29, 0.717) is 35.0 Å². The van der Waals surface area contributed by atoms with Crippen molar-refractivity contribution in [3.05, 3.63) is 57.9 Å². The minimum atomic E-state index is -0.731. The van der Waals surface area contributed by atoms with Crippen LogP contribution in [0.1, 0.15) is 27.2 Å². The third kappa shape index (κ3) is 3.07. The molecule has 5 N–H and O–H groups in total. The SMILES string of the molecule is NC(=O)Nc1sc2c(c1C(N)=O)CCc1c-2cnn1Cc1ccccc1Cl. The molecular weight excluding hydrogens is 386 g/mol. The van der Waals surface area contributed by atoms with Crippen LogP contribution in [0.3, 0.4) is 0 Å². The van der Waals surface area contributed by atoms with Gasteiger partial charge in [-0.15, -0.1) is 11.3 Å². The molecule has 0 atom stereocenters. The number of nitrogens with one attached hydrogen (secondary N) is 1. The smallest absolute Gasteiger partial charge is 0.317 e. The number of nitrogens with two attached hydrogens (primary N) is 2. The molecule has 3 amide bonds. The Morgan fingerprint density at radius 1 is 1.26 bits per heavy atom. The molecule has 1 aromatic carbocycles. The monoisotopic (exact) mass is 401 g/mol. The standard InChI is InChI=1S/C18H16ClN5O2S/c19-12-4-2-1-3-9(12)8-24-13-6-5-10-14(16(20)25)17(23-18(21)26)27-15(10)11(13)7-22-24/h1-4,7H,5-6,8H2,(H2,20,25)(H3,21,23,26). The Morgan fingerprint density at radius 3 is 2.74 bits per heavy atom. The number of hydrogen-bond donors (Lipinski definition) is 3. The van der Waals surface area contributed by atoms with Crippen LogP contribution in [0.5, 0.6) is 0 Å². The Hall–Kier alpha value is -2.84. The van der Waals surface area contributed by atoms with Gasteiger partial charge in [-0.05, 0) is 30.0 Å². The van der Waals surface area contributed by atoms with Crippen LogP contribution >= 0.6 is 22.9 Å². The first-order valence-electron chi connectivity index (χ1n) is 8.26. The molecule has 1 aliphatic carbocycles. The molecule has 1 aliphatic rings. The Morgan fingerprint density at radius 2 is 2.04 bits per heavy atom. The third-order valence-electron chi connectivity index (χ3n) is 4.57. The number of urea groups is 1. The number of aromatic nitrogens is 2. The topological polar surface area (TPSA) is 116 Å². The molecule has 27 heavy (non-hydrogen) atoms. The first-order chi connectivity index (χ1) is 13.0. The lowest BCUT2D eigenvalue weighted by molar-refractivity contribution is 0.100. The summed E-state index contributed by atoms with van der Waals surface area (Å²) in [5.74, 6) is -0.580. The molecule has 0 saturated heterocycles. The molecule has 0 bridgehead atoms. The van der Waals surface area contributed by atoms with E-state index in [1.165, 1.54) is 11.3 Å². The van der Waals surface area contributed by atoms with E-state index in [1.807, 2.05) is 28.9 Å². The zero-order chi connectivity index (χ0) is 19.1. The average Bonchev–Trinajstić information content (AvgIpc) is 3.17. The number of anilines is 1. The minimum Gasteiger partial charge on any atom is -0.365 e. The van der Waals surface area contributed by atoms with E-state index in [4.69, 9.17) is 23.1 Å². The highest BCUT2D eigenvalue weighted by atomic mass is 35.5. The van der Waals surface area contributed by atoms with Crippen LogP contribution in [0.2, 0.25) is 5.02 Å². The summed E-state index contributed by atoms with van der Waals surface area (Å²) in [5.41, 5.74) is 14.9. The van der Waals surface area contributed by atoms with Crippen LogP contribution in [0.25, 0.3) is 10.4 Å². The zero-order valence-electron chi connectivity index (χ0n) is 14.2. The van der Waals surface area contributed by atoms with Crippen LogP contribution in [-0.4, -0.2) is 21.7 Å². The van der Waals surface area contributed by atoms with E-state index in [9.17, 15) is 9.59 Å². The fourth-order valence-electron chi connectivity index (χ4n) is 3.41. The summed E-state index contributed by atoms with van der Waals surface area (Å²) in [6.07, 6.45) is 3.12. The van der Waals surface area contributed by atoms with Crippen molar-refractivity contribution in [2.45, 2.75) is 19.4 Å². The maximum Gasteiger partial charge on any atom is 0.317 e. The van der Waals surface area contributed by atoms with Crippen molar-refractivity contribution in [3.63, 3.8) is 0 Å². The highest BCUT2D eigenvalue weighted by Crippen LogP contribution is 2.45. The number of primary amides is 2. The number of fused-ring (bicyclic) bond motifs is 3. The lowest BCUT2D eigenvalue weighted by Gasteiger charge is -2.16. The summed E-state index contributed by atoms with van der Waals surface area (Å²) in [5, 5.41) is 8.10. The van der Waals surface area contributed by atoms with Gasteiger partial charge in [-0.25, -0.2) is 4.79 Å². The number of halogens is 1. The summed E-state index contributed by atoms with van der Waals surface area (Å²) in [6.45, 7) is 0.560. The lowest BCUT2D eigenvalue weighted by atomic mass is 9.93. The molecular formula is C18H16ClN5O2S. The number of rotatable bonds is 4. The van der Waals surface area contributed by atoms with E-state index in [-0.39, 0.29) is 0 Å². The number of carbonyl (C=O) groups is 2. The Kier molecular flexibility index (Phi) is 4.37. The van der Waals surface area contributed by atoms with Gasteiger partial charge in [-0.1, -0.05) is 29.8 Å². The van der Waals surface area contributed by atoms with Gasteiger partial charge in [0.15, 0.2) is 0 Å². The van der Waals surface area contributed by atoms with Crippen molar-refractivity contribution >= 4 is 39.9 Å². The number of nitrogens with zero attached hydrogens (tertiary/aromatic N) is 2. The van der Waals surface area contributed by atoms with Gasteiger partial charge in [-0.3, -0.25) is 14.8 Å². The average molecular weight is 402 g/mol. The van der Waals surface area contributed by atoms with Crippen LogP contribution in [-0.2, 0) is 19.4 Å². The summed E-state index contributed by atoms with van der Waals surface area (Å²) in [6, 6.07) is 6.92. The van der Waals surface area contributed by atoms with E-state index >= 15 is 0 Å². The summed E-state index contributed by atoms with van der Waals surface area (Å²) < 4.78 is 1.92. The van der Waals surface area contributed by atoms with E-state index in [1.54, 1.807) is 6.20 Å². The highest BCUT2D eigenvalue weighted by molar-refractivity contribution is 7.20. The minimum absolute atomic E-state index is 0.332. The van der Waals surface area contributed by atoms with Crippen LogP contribution in [0, 0.1) is 0 Å². The number of benzene rings is 1. The molecule has 2 aromatic heterocycles. The van der Waals surface area contributed by atoms with E-state index in [0.717, 1.165) is 27.3 Å². The van der Waals surface area contributed by atoms with Crippen LogP contribution in [0.4, 0.5) is 9.80 Å². The van der Waals surface area contributed by atoms with Gasteiger partial charge in [0, 0.05) is 21.2 Å². The number of hydrogen-bond acceptors (Lipinski definition) is 4. The number of thiophene rings is 1. The maximum atomic E-state index is 11.9. The normalized spacial score (nSPS) is 12.3. The van der Waals surface area contributed by atoms with Crippen molar-refractivity contribution in [1.82, 2.24) is 9.78 Å². The van der Waals surface area contributed by atoms with Gasteiger partial charge in [0.1, 0.15) is 5.00 Å². The third-order valence-corrected chi connectivity index (χ3v) is 6.12. The molecule has 9 heteroatoms. The molecule has 0 fully saturated rings. The molecule has 0 spiro atoms. The molecule has 0 aliphatic heterocycles. The lowest BCUT2D eigenvalue weighted by Crippen LogP contribution is -2.22. The van der Waals surface area contributed by atoms with E-state index in [2.05, 4.69) is 10.4 Å². The number of amides is 3. The predicted molar refractivity (Wildman–Crippen MR) is 105 cm³/mol. The highest BCUT2D eigenvalue weighted by Gasteiger charge is 2.30. The number of carbonyl (C=O) groups excluding carboxylic acids is 2. The Bertz CT molecular complexity index is 1070. The fraction of sp³-hybridized carbons (Fsp3) is 0.167. The predicted octanol–water partition coefficient (Wildman–Crippen LogP) is 3.00.